The van der Waals surface area contributed by atoms with Crippen molar-refractivity contribution in [2.75, 3.05) is 16.4 Å². The first-order valence-corrected chi connectivity index (χ1v) is 10.6. The average Bonchev–Trinajstić information content (AvgIpc) is 2.92. The summed E-state index contributed by atoms with van der Waals surface area (Å²) < 4.78 is 3.45. The van der Waals surface area contributed by atoms with E-state index in [1.54, 1.807) is 6.20 Å². The van der Waals surface area contributed by atoms with Crippen molar-refractivity contribution in [2.45, 2.75) is 6.17 Å². The van der Waals surface area contributed by atoms with E-state index in [1.165, 1.54) is 19.4 Å². The molecule has 2 aromatic carbocycles. The van der Waals surface area contributed by atoms with E-state index >= 15 is 0 Å². The van der Waals surface area contributed by atoms with E-state index in [-0.39, 0.29) is 21.2 Å². The summed E-state index contributed by atoms with van der Waals surface area (Å²) >= 11 is -0.00706. The predicted octanol–water partition coefficient (Wildman–Crippen LogP) is 0.495. The molecule has 4 nitrogen and oxygen atoms in total. The number of anilines is 2. The molecule has 5 heteroatoms. The van der Waals surface area contributed by atoms with Gasteiger partial charge in [0.1, 0.15) is 0 Å². The topological polar surface area (TPSA) is 29.0 Å². The number of aromatic nitrogens is 2. The second kappa shape index (κ2) is 5.26. The van der Waals surface area contributed by atoms with Crippen LogP contribution in [0.1, 0.15) is 0 Å². The summed E-state index contributed by atoms with van der Waals surface area (Å²) in [5, 5.41) is 0. The Bertz CT molecular complexity index is 914. The van der Waals surface area contributed by atoms with Crippen molar-refractivity contribution >= 4 is 23.0 Å². The molecule has 0 fully saturated rings. The molecule has 2 atom stereocenters. The molecule has 120 valence electrons. The molecule has 0 radical (unpaired) electrons. The molecular formula is C19H17IN4. The van der Waals surface area contributed by atoms with E-state index in [1.807, 2.05) is 6.20 Å². The molecule has 0 bridgehead atoms. The first-order valence-electron chi connectivity index (χ1n) is 8.01. The Morgan fingerprint density at radius 3 is 2.62 bits per heavy atom. The molecule has 1 aromatic heterocycles. The number of nitrogens with zero attached hydrogens (tertiary/aromatic N) is 4. The van der Waals surface area contributed by atoms with Crippen LogP contribution in [-0.2, 0) is 0 Å². The number of quaternary nitrogens is 1. The van der Waals surface area contributed by atoms with E-state index in [9.17, 15) is 0 Å². The second-order valence-electron chi connectivity index (χ2n) is 6.20. The number of para-hydroxylation sites is 2. The summed E-state index contributed by atoms with van der Waals surface area (Å²) in [6.45, 7) is 0. The van der Waals surface area contributed by atoms with Gasteiger partial charge in [-0.25, -0.2) is 0 Å². The van der Waals surface area contributed by atoms with Gasteiger partial charge < -0.3 is 0 Å². The Labute approximate surface area is 151 Å². The van der Waals surface area contributed by atoms with Gasteiger partial charge >= 0.3 is 152 Å². The quantitative estimate of drug-likeness (QED) is 0.321. The average molecular weight is 428 g/mol. The van der Waals surface area contributed by atoms with Gasteiger partial charge in [-0.3, -0.25) is 0 Å². The van der Waals surface area contributed by atoms with Crippen LogP contribution in [0.4, 0.5) is 23.0 Å². The third kappa shape index (κ3) is 1.82. The number of halogens is 1. The van der Waals surface area contributed by atoms with Gasteiger partial charge in [-0.15, -0.1) is 0 Å². The molecular weight excluding hydrogens is 411 g/mol. The SMILES string of the molecule is C[N+]12c3ccccc3[I-]C[C@@H]1N(c1ccccc1)c1nccnc12. The van der Waals surface area contributed by atoms with E-state index in [2.05, 4.69) is 66.5 Å². The fourth-order valence-electron chi connectivity index (χ4n) is 3.79. The maximum absolute atomic E-state index is 4.77. The van der Waals surface area contributed by atoms with Crippen LogP contribution in [-0.4, -0.2) is 27.6 Å². The van der Waals surface area contributed by atoms with Crippen LogP contribution in [0.25, 0.3) is 0 Å². The summed E-state index contributed by atoms with van der Waals surface area (Å²) in [5.41, 5.74) is 2.59. The first-order chi connectivity index (χ1) is 11.8. The molecule has 24 heavy (non-hydrogen) atoms. The molecule has 2 aliphatic heterocycles. The van der Waals surface area contributed by atoms with Crippen molar-refractivity contribution in [3.63, 3.8) is 0 Å². The molecule has 3 heterocycles. The number of hydrogen-bond acceptors (Lipinski definition) is 3. The van der Waals surface area contributed by atoms with Gasteiger partial charge in [0, 0.05) is 0 Å². The van der Waals surface area contributed by atoms with Crippen molar-refractivity contribution in [2.24, 2.45) is 0 Å². The van der Waals surface area contributed by atoms with Crippen LogP contribution in [0.5, 0.6) is 0 Å². The molecule has 2 aliphatic rings. The minimum absolute atomic E-state index is 0.00706. The van der Waals surface area contributed by atoms with Crippen LogP contribution in [0.2, 0.25) is 0 Å². The van der Waals surface area contributed by atoms with Crippen molar-refractivity contribution in [3.8, 4) is 0 Å². The van der Waals surface area contributed by atoms with Crippen LogP contribution in [0, 0.1) is 3.57 Å². The zero-order chi connectivity index (χ0) is 16.1. The summed E-state index contributed by atoms with van der Waals surface area (Å²) in [4.78, 5) is 11.9. The Balaban J connectivity index is 1.79. The maximum atomic E-state index is 4.77. The summed E-state index contributed by atoms with van der Waals surface area (Å²) in [7, 11) is 2.29. The molecule has 0 spiro atoms. The fourth-order valence-corrected chi connectivity index (χ4v) is 7.38. The third-order valence-electron chi connectivity index (χ3n) is 4.97. The number of hydrogen-bond donors (Lipinski definition) is 0. The third-order valence-corrected chi connectivity index (χ3v) is 7.93. The van der Waals surface area contributed by atoms with Gasteiger partial charge in [-0.2, -0.15) is 0 Å². The van der Waals surface area contributed by atoms with Crippen LogP contribution in [0.15, 0.2) is 67.0 Å². The number of fused-ring (bicyclic) bond motifs is 5. The zero-order valence-electron chi connectivity index (χ0n) is 13.3. The second-order valence-corrected chi connectivity index (χ2v) is 9.01. The number of benzene rings is 2. The summed E-state index contributed by atoms with van der Waals surface area (Å²) in [5.74, 6) is 2.06. The zero-order valence-corrected chi connectivity index (χ0v) is 15.5. The van der Waals surface area contributed by atoms with Crippen LogP contribution >= 0.6 is 0 Å². The Kier molecular flexibility index (Phi) is 3.14. The van der Waals surface area contributed by atoms with E-state index < -0.39 is 0 Å². The minimum atomic E-state index is -0.00706. The van der Waals surface area contributed by atoms with Crippen molar-refractivity contribution in [3.05, 3.63) is 70.6 Å². The normalized spacial score (nSPS) is 24.5. The number of rotatable bonds is 1. The van der Waals surface area contributed by atoms with Crippen molar-refractivity contribution in [1.29, 1.82) is 0 Å². The van der Waals surface area contributed by atoms with Gasteiger partial charge in [0.2, 0.25) is 0 Å². The molecule has 1 unspecified atom stereocenters. The Morgan fingerprint density at radius 2 is 1.75 bits per heavy atom. The van der Waals surface area contributed by atoms with E-state index in [0.29, 0.717) is 6.17 Å². The van der Waals surface area contributed by atoms with Crippen LogP contribution in [0.3, 0.4) is 0 Å². The molecule has 0 saturated carbocycles. The molecule has 3 aromatic rings. The molecule has 0 N–H and O–H groups in total. The van der Waals surface area contributed by atoms with Gasteiger partial charge in [0.15, 0.2) is 0 Å². The fraction of sp³-hybridized carbons (Fsp3) is 0.158. The standard InChI is InChI=1S/C19H17IN4/c1-24-16-10-6-5-9-15(16)20-13-17(24)23(14-7-3-2-4-8-14)18-19(24)22-12-11-21-18/h2-12,17H,13H2,1H3/t17-,24?/m1/s1. The molecule has 0 saturated heterocycles. The number of alkyl halides is 1. The van der Waals surface area contributed by atoms with Crippen molar-refractivity contribution in [1.82, 2.24) is 14.5 Å². The molecule has 5 rings (SSSR count). The Morgan fingerprint density at radius 1 is 1.00 bits per heavy atom. The van der Waals surface area contributed by atoms with Gasteiger partial charge in [0.25, 0.3) is 0 Å². The molecule has 0 amide bonds. The van der Waals surface area contributed by atoms with Crippen LogP contribution < -0.4 is 30.6 Å². The predicted molar refractivity (Wildman–Crippen MR) is 91.8 cm³/mol. The van der Waals surface area contributed by atoms with Gasteiger partial charge in [0.05, 0.1) is 0 Å². The van der Waals surface area contributed by atoms with Crippen molar-refractivity contribution < 1.29 is 21.2 Å². The monoisotopic (exact) mass is 428 g/mol. The first kappa shape index (κ1) is 14.4. The van der Waals surface area contributed by atoms with E-state index in [0.717, 1.165) is 16.1 Å². The van der Waals surface area contributed by atoms with E-state index in [4.69, 9.17) is 9.97 Å². The molecule has 0 aliphatic carbocycles. The summed E-state index contributed by atoms with van der Waals surface area (Å²) in [6.07, 6.45) is 3.97. The van der Waals surface area contributed by atoms with Gasteiger partial charge in [-0.1, -0.05) is 0 Å². The summed E-state index contributed by atoms with van der Waals surface area (Å²) in [6, 6.07) is 19.5. The van der Waals surface area contributed by atoms with Gasteiger partial charge in [-0.05, 0) is 0 Å². The Hall–Kier alpha value is -1.99.